The minimum Gasteiger partial charge on any atom is -0.382 e. The van der Waals surface area contributed by atoms with Crippen LogP contribution in [-0.4, -0.2) is 39.5 Å². The molecule has 0 radical (unpaired) electrons. The molecule has 1 aromatic rings. The third kappa shape index (κ3) is 5.10. The third-order valence-electron chi connectivity index (χ3n) is 4.53. The molecule has 0 saturated heterocycles. The molecule has 0 aromatic heterocycles. The molecule has 1 unspecified atom stereocenters. The van der Waals surface area contributed by atoms with Crippen molar-refractivity contribution in [2.24, 2.45) is 0 Å². The highest BCUT2D eigenvalue weighted by Gasteiger charge is 2.32. The largest absolute Gasteiger partial charge is 0.382 e. The van der Waals surface area contributed by atoms with Gasteiger partial charge in [-0.2, -0.15) is 0 Å². The van der Waals surface area contributed by atoms with Gasteiger partial charge in [-0.15, -0.1) is 0 Å². The summed E-state index contributed by atoms with van der Waals surface area (Å²) in [5, 5.41) is 3.72. The van der Waals surface area contributed by atoms with Crippen LogP contribution in [0.2, 0.25) is 0 Å². The summed E-state index contributed by atoms with van der Waals surface area (Å²) in [5.74, 6) is 0. The maximum Gasteiger partial charge on any atom is 0.0700 e. The first-order valence-corrected chi connectivity index (χ1v) is 8.16. The number of hydrogen-bond donors (Lipinski definition) is 1. The number of nitrogens with one attached hydrogen (secondary N) is 1. The van der Waals surface area contributed by atoms with Crippen LogP contribution < -0.4 is 5.32 Å². The Bertz CT molecular complexity index is 391. The molecule has 0 aliphatic heterocycles. The summed E-state index contributed by atoms with van der Waals surface area (Å²) in [6.45, 7) is 5.48. The second-order valence-electron chi connectivity index (χ2n) is 6.01. The Hall–Kier alpha value is -0.900. The molecule has 21 heavy (non-hydrogen) atoms. The maximum atomic E-state index is 5.72. The average molecular weight is 291 g/mol. The van der Waals surface area contributed by atoms with Crippen molar-refractivity contribution in [3.8, 4) is 0 Å². The minimum atomic E-state index is 0.178. The number of rotatable bonds is 11. The van der Waals surface area contributed by atoms with Crippen molar-refractivity contribution >= 4 is 0 Å². The molecular formula is C18H29NO2. The van der Waals surface area contributed by atoms with Crippen LogP contribution in [0.3, 0.4) is 0 Å². The Morgan fingerprint density at radius 1 is 1.14 bits per heavy atom. The first kappa shape index (κ1) is 16.5. The summed E-state index contributed by atoms with van der Waals surface area (Å²) < 4.78 is 10.8. The van der Waals surface area contributed by atoms with Gasteiger partial charge in [0.05, 0.1) is 13.2 Å². The molecule has 3 heteroatoms. The van der Waals surface area contributed by atoms with Crippen LogP contribution in [0.25, 0.3) is 0 Å². The Labute approximate surface area is 129 Å². The molecule has 1 saturated carbocycles. The van der Waals surface area contributed by atoms with Crippen molar-refractivity contribution in [3.05, 3.63) is 35.9 Å². The fourth-order valence-electron chi connectivity index (χ4n) is 2.77. The van der Waals surface area contributed by atoms with Gasteiger partial charge in [0.1, 0.15) is 0 Å². The topological polar surface area (TPSA) is 30.5 Å². The van der Waals surface area contributed by atoms with E-state index in [1.54, 1.807) is 7.11 Å². The molecule has 1 N–H and O–H groups in total. The normalized spacial score (nSPS) is 17.6. The lowest BCUT2D eigenvalue weighted by Crippen LogP contribution is -2.39. The molecule has 1 fully saturated rings. The van der Waals surface area contributed by atoms with Crippen molar-refractivity contribution < 1.29 is 9.47 Å². The van der Waals surface area contributed by atoms with Crippen molar-refractivity contribution in [1.82, 2.24) is 5.32 Å². The fourth-order valence-corrected chi connectivity index (χ4v) is 2.77. The molecule has 3 nitrogen and oxygen atoms in total. The fraction of sp³-hybridized carbons (Fsp3) is 0.667. The van der Waals surface area contributed by atoms with E-state index < -0.39 is 0 Å². The van der Waals surface area contributed by atoms with Crippen LogP contribution in [-0.2, 0) is 14.9 Å². The van der Waals surface area contributed by atoms with Crippen LogP contribution in [0, 0.1) is 0 Å². The standard InChI is InChI=1S/C18H29NO2/c1-3-18(15-19-17-9-10-17,11-12-21-14-13-20-2)16-7-5-4-6-8-16/h4-8,17,19H,3,9-15H2,1-2H3. The lowest BCUT2D eigenvalue weighted by molar-refractivity contribution is 0.0597. The number of benzene rings is 1. The van der Waals surface area contributed by atoms with Crippen LogP contribution in [0.15, 0.2) is 30.3 Å². The van der Waals surface area contributed by atoms with Crippen molar-refractivity contribution in [3.63, 3.8) is 0 Å². The van der Waals surface area contributed by atoms with Gasteiger partial charge in [0.25, 0.3) is 0 Å². The van der Waals surface area contributed by atoms with Gasteiger partial charge in [-0.3, -0.25) is 0 Å². The third-order valence-corrected chi connectivity index (χ3v) is 4.53. The lowest BCUT2D eigenvalue weighted by Gasteiger charge is -2.34. The summed E-state index contributed by atoms with van der Waals surface area (Å²) in [5.41, 5.74) is 1.60. The molecule has 1 aromatic carbocycles. The predicted octanol–water partition coefficient (Wildman–Crippen LogP) is 3.14. The molecule has 118 valence electrons. The van der Waals surface area contributed by atoms with Gasteiger partial charge in [-0.25, -0.2) is 0 Å². The molecule has 1 aliphatic rings. The van der Waals surface area contributed by atoms with Gasteiger partial charge in [0, 0.05) is 31.7 Å². The SMILES string of the molecule is CCC(CCOCCOC)(CNC1CC1)c1ccccc1. The van der Waals surface area contributed by atoms with Gasteiger partial charge >= 0.3 is 0 Å². The summed E-state index contributed by atoms with van der Waals surface area (Å²) >= 11 is 0. The highest BCUT2D eigenvalue weighted by atomic mass is 16.5. The summed E-state index contributed by atoms with van der Waals surface area (Å²) in [6, 6.07) is 11.6. The van der Waals surface area contributed by atoms with Gasteiger partial charge in [0.2, 0.25) is 0 Å². The van der Waals surface area contributed by atoms with E-state index in [9.17, 15) is 0 Å². The zero-order chi connectivity index (χ0) is 15.0. The molecule has 0 spiro atoms. The number of hydrogen-bond acceptors (Lipinski definition) is 3. The van der Waals surface area contributed by atoms with Crippen LogP contribution in [0.4, 0.5) is 0 Å². The summed E-state index contributed by atoms with van der Waals surface area (Å²) in [6.07, 6.45) is 4.85. The predicted molar refractivity (Wildman–Crippen MR) is 86.7 cm³/mol. The average Bonchev–Trinajstić information content (AvgIpc) is 3.36. The second-order valence-corrected chi connectivity index (χ2v) is 6.01. The number of methoxy groups -OCH3 is 1. The first-order valence-electron chi connectivity index (χ1n) is 8.16. The highest BCUT2D eigenvalue weighted by Crippen LogP contribution is 2.32. The molecule has 2 rings (SSSR count). The highest BCUT2D eigenvalue weighted by molar-refractivity contribution is 5.26. The smallest absolute Gasteiger partial charge is 0.0700 e. The monoisotopic (exact) mass is 291 g/mol. The van der Waals surface area contributed by atoms with Crippen LogP contribution in [0.5, 0.6) is 0 Å². The van der Waals surface area contributed by atoms with Gasteiger partial charge in [-0.05, 0) is 31.2 Å². The van der Waals surface area contributed by atoms with Crippen molar-refractivity contribution in [1.29, 1.82) is 0 Å². The Kier molecular flexibility index (Phi) is 6.68. The molecule has 0 amide bonds. The summed E-state index contributed by atoms with van der Waals surface area (Å²) in [4.78, 5) is 0. The quantitative estimate of drug-likeness (QED) is 0.635. The zero-order valence-electron chi connectivity index (χ0n) is 13.4. The van der Waals surface area contributed by atoms with E-state index in [0.29, 0.717) is 13.2 Å². The van der Waals surface area contributed by atoms with Crippen molar-refractivity contribution in [2.45, 2.75) is 44.1 Å². The molecule has 1 atom stereocenters. The molecule has 0 heterocycles. The molecule has 1 aliphatic carbocycles. The lowest BCUT2D eigenvalue weighted by atomic mass is 9.75. The summed E-state index contributed by atoms with van der Waals surface area (Å²) in [7, 11) is 1.71. The minimum absolute atomic E-state index is 0.178. The zero-order valence-corrected chi connectivity index (χ0v) is 13.4. The van der Waals surface area contributed by atoms with Crippen LogP contribution >= 0.6 is 0 Å². The van der Waals surface area contributed by atoms with E-state index in [1.165, 1.54) is 18.4 Å². The maximum absolute atomic E-state index is 5.72. The molecular weight excluding hydrogens is 262 g/mol. The van der Waals surface area contributed by atoms with Crippen molar-refractivity contribution in [2.75, 3.05) is 33.5 Å². The number of ether oxygens (including phenoxy) is 2. The Morgan fingerprint density at radius 3 is 2.52 bits per heavy atom. The van der Waals surface area contributed by atoms with E-state index >= 15 is 0 Å². The second kappa shape index (κ2) is 8.52. The Morgan fingerprint density at radius 2 is 1.90 bits per heavy atom. The van der Waals surface area contributed by atoms with E-state index in [2.05, 4.69) is 42.6 Å². The first-order chi connectivity index (χ1) is 10.3. The molecule has 0 bridgehead atoms. The van der Waals surface area contributed by atoms with Gasteiger partial charge < -0.3 is 14.8 Å². The van der Waals surface area contributed by atoms with Gasteiger partial charge in [0.15, 0.2) is 0 Å². The van der Waals surface area contributed by atoms with E-state index in [4.69, 9.17) is 9.47 Å². The van der Waals surface area contributed by atoms with E-state index in [0.717, 1.165) is 32.0 Å². The Balaban J connectivity index is 1.96. The van der Waals surface area contributed by atoms with Crippen LogP contribution in [0.1, 0.15) is 38.2 Å². The van der Waals surface area contributed by atoms with Gasteiger partial charge in [-0.1, -0.05) is 37.3 Å². The van der Waals surface area contributed by atoms with E-state index in [1.807, 2.05) is 0 Å². The van der Waals surface area contributed by atoms with E-state index in [-0.39, 0.29) is 5.41 Å².